The summed E-state index contributed by atoms with van der Waals surface area (Å²) in [6.07, 6.45) is 4.44. The molecule has 0 aliphatic rings. The van der Waals surface area contributed by atoms with Crippen LogP contribution in [-0.2, 0) is 6.42 Å². The van der Waals surface area contributed by atoms with Gasteiger partial charge in [-0.2, -0.15) is 0 Å². The first-order valence-electron chi connectivity index (χ1n) is 5.70. The van der Waals surface area contributed by atoms with Crippen molar-refractivity contribution in [3.8, 4) is 5.75 Å². The molecule has 2 rings (SSSR count). The molecule has 3 heteroatoms. The molecule has 0 saturated carbocycles. The normalized spacial score (nSPS) is 11.8. The Balaban J connectivity index is 2.63. The van der Waals surface area contributed by atoms with Gasteiger partial charge in [-0.3, -0.25) is 4.98 Å². The summed E-state index contributed by atoms with van der Waals surface area (Å²) in [6.45, 7) is 4.04. The van der Waals surface area contributed by atoms with Crippen molar-refractivity contribution in [3.05, 3.63) is 36.2 Å². The largest absolute Gasteiger partial charge is 0.496 e. The molecular weight excluding hydrogens is 212 g/mol. The smallest absolute Gasteiger partial charge is 0.122 e. The number of ether oxygens (including phenoxy) is 1. The van der Waals surface area contributed by atoms with Crippen molar-refractivity contribution in [2.45, 2.75) is 25.8 Å². The van der Waals surface area contributed by atoms with E-state index in [0.29, 0.717) is 0 Å². The Bertz CT molecular complexity index is 529. The molecule has 3 nitrogen and oxygen atoms in total. The van der Waals surface area contributed by atoms with Gasteiger partial charge in [0.25, 0.3) is 0 Å². The third kappa shape index (κ3) is 2.56. The topological polar surface area (TPSA) is 48.1 Å². The van der Waals surface area contributed by atoms with Crippen LogP contribution in [0.2, 0.25) is 0 Å². The van der Waals surface area contributed by atoms with Gasteiger partial charge in [0, 0.05) is 28.9 Å². The quantitative estimate of drug-likeness (QED) is 0.881. The average Bonchev–Trinajstić information content (AvgIpc) is 2.28. The van der Waals surface area contributed by atoms with Gasteiger partial charge in [0.2, 0.25) is 0 Å². The summed E-state index contributed by atoms with van der Waals surface area (Å²) in [4.78, 5) is 4.13. The number of fused-ring (bicyclic) bond motifs is 1. The molecule has 90 valence electrons. The second-order valence-corrected chi connectivity index (χ2v) is 5.01. The first-order chi connectivity index (χ1) is 8.01. The lowest BCUT2D eigenvalue weighted by Crippen LogP contribution is -2.34. The van der Waals surface area contributed by atoms with Crippen LogP contribution >= 0.6 is 0 Å². The van der Waals surface area contributed by atoms with Crippen LogP contribution in [-0.4, -0.2) is 17.6 Å². The zero-order valence-electron chi connectivity index (χ0n) is 10.5. The van der Waals surface area contributed by atoms with Gasteiger partial charge in [0.05, 0.1) is 7.11 Å². The summed E-state index contributed by atoms with van der Waals surface area (Å²) in [5.74, 6) is 0.891. The van der Waals surface area contributed by atoms with Crippen LogP contribution in [0, 0.1) is 0 Å². The Hall–Kier alpha value is -1.61. The molecule has 0 atom stereocenters. The van der Waals surface area contributed by atoms with Gasteiger partial charge in [-0.1, -0.05) is 0 Å². The summed E-state index contributed by atoms with van der Waals surface area (Å²) in [6, 6.07) is 6.01. The minimum Gasteiger partial charge on any atom is -0.496 e. The molecule has 2 N–H and O–H groups in total. The van der Waals surface area contributed by atoms with Crippen molar-refractivity contribution < 1.29 is 4.74 Å². The Morgan fingerprint density at radius 2 is 2.06 bits per heavy atom. The van der Waals surface area contributed by atoms with Crippen LogP contribution in [0.15, 0.2) is 30.6 Å². The summed E-state index contributed by atoms with van der Waals surface area (Å²) in [5, 5.41) is 2.28. The van der Waals surface area contributed by atoms with E-state index < -0.39 is 0 Å². The Morgan fingerprint density at radius 3 is 2.71 bits per heavy atom. The number of rotatable bonds is 3. The van der Waals surface area contributed by atoms with Crippen LogP contribution in [0.1, 0.15) is 19.4 Å². The zero-order chi connectivity index (χ0) is 12.5. The number of aromatic nitrogens is 1. The number of nitrogens with two attached hydrogens (primary N) is 1. The van der Waals surface area contributed by atoms with E-state index in [2.05, 4.69) is 4.98 Å². The maximum atomic E-state index is 6.11. The molecule has 2 aromatic rings. The Morgan fingerprint density at radius 1 is 1.29 bits per heavy atom. The molecule has 1 aromatic heterocycles. The fourth-order valence-electron chi connectivity index (χ4n) is 2.04. The van der Waals surface area contributed by atoms with Crippen LogP contribution in [0.25, 0.3) is 10.8 Å². The Labute approximate surface area is 102 Å². The maximum Gasteiger partial charge on any atom is 0.122 e. The number of benzene rings is 1. The third-order valence-electron chi connectivity index (χ3n) is 2.74. The van der Waals surface area contributed by atoms with Crippen molar-refractivity contribution in [2.75, 3.05) is 7.11 Å². The molecule has 0 aliphatic carbocycles. The van der Waals surface area contributed by atoms with Gasteiger partial charge in [-0.05, 0) is 43.9 Å². The van der Waals surface area contributed by atoms with Crippen molar-refractivity contribution in [1.29, 1.82) is 0 Å². The highest BCUT2D eigenvalue weighted by molar-refractivity contribution is 5.87. The molecular formula is C14H18N2O. The molecule has 0 amide bonds. The van der Waals surface area contributed by atoms with Gasteiger partial charge in [-0.25, -0.2) is 0 Å². The van der Waals surface area contributed by atoms with Crippen LogP contribution in [0.4, 0.5) is 0 Å². The first-order valence-corrected chi connectivity index (χ1v) is 5.70. The van der Waals surface area contributed by atoms with E-state index in [1.165, 1.54) is 0 Å². The minimum absolute atomic E-state index is 0.259. The molecule has 1 aromatic carbocycles. The highest BCUT2D eigenvalue weighted by Gasteiger charge is 2.17. The van der Waals surface area contributed by atoms with Crippen LogP contribution < -0.4 is 10.5 Å². The van der Waals surface area contributed by atoms with Gasteiger partial charge in [0.15, 0.2) is 0 Å². The maximum absolute atomic E-state index is 6.11. The molecule has 0 radical (unpaired) electrons. The molecule has 0 fully saturated rings. The summed E-state index contributed by atoms with van der Waals surface area (Å²) in [5.41, 5.74) is 7.00. The highest BCUT2D eigenvalue weighted by Crippen LogP contribution is 2.29. The van der Waals surface area contributed by atoms with Crippen molar-refractivity contribution in [3.63, 3.8) is 0 Å². The number of hydrogen-bond donors (Lipinski definition) is 1. The van der Waals surface area contributed by atoms with Gasteiger partial charge >= 0.3 is 0 Å². The zero-order valence-corrected chi connectivity index (χ0v) is 10.5. The molecule has 0 spiro atoms. The Kier molecular flexibility index (Phi) is 3.03. The van der Waals surface area contributed by atoms with E-state index >= 15 is 0 Å². The van der Waals surface area contributed by atoms with E-state index in [1.807, 2.05) is 38.2 Å². The number of pyridine rings is 1. The van der Waals surface area contributed by atoms with Crippen LogP contribution in [0.5, 0.6) is 5.75 Å². The number of hydrogen-bond acceptors (Lipinski definition) is 3. The molecule has 0 aliphatic heterocycles. The molecule has 0 unspecified atom stereocenters. The van der Waals surface area contributed by atoms with Crippen molar-refractivity contribution in [2.24, 2.45) is 5.73 Å². The van der Waals surface area contributed by atoms with Gasteiger partial charge in [0.1, 0.15) is 5.75 Å². The third-order valence-corrected chi connectivity index (χ3v) is 2.74. The fraction of sp³-hybridized carbons (Fsp3) is 0.357. The standard InChI is InChI=1S/C14H18N2O/c1-14(2,15)8-12-11-6-7-16-9-10(11)4-5-13(12)17-3/h4-7,9H,8,15H2,1-3H3. The van der Waals surface area contributed by atoms with Gasteiger partial charge in [-0.15, -0.1) is 0 Å². The number of methoxy groups -OCH3 is 1. The lowest BCUT2D eigenvalue weighted by molar-refractivity contribution is 0.403. The monoisotopic (exact) mass is 230 g/mol. The summed E-state index contributed by atoms with van der Waals surface area (Å²) >= 11 is 0. The molecule has 0 saturated heterocycles. The summed E-state index contributed by atoms with van der Waals surface area (Å²) in [7, 11) is 1.69. The molecule has 0 bridgehead atoms. The van der Waals surface area contributed by atoms with E-state index in [0.717, 1.165) is 28.5 Å². The highest BCUT2D eigenvalue weighted by atomic mass is 16.5. The first kappa shape index (κ1) is 11.9. The summed E-state index contributed by atoms with van der Waals surface area (Å²) < 4.78 is 5.42. The number of nitrogens with zero attached hydrogens (tertiary/aromatic N) is 1. The SMILES string of the molecule is COc1ccc2cnccc2c1CC(C)(C)N. The van der Waals surface area contributed by atoms with E-state index in [4.69, 9.17) is 10.5 Å². The van der Waals surface area contributed by atoms with E-state index in [-0.39, 0.29) is 5.54 Å². The van der Waals surface area contributed by atoms with E-state index in [1.54, 1.807) is 13.3 Å². The van der Waals surface area contributed by atoms with Crippen molar-refractivity contribution >= 4 is 10.8 Å². The molecule has 1 heterocycles. The predicted molar refractivity (Wildman–Crippen MR) is 70.3 cm³/mol. The van der Waals surface area contributed by atoms with Crippen LogP contribution in [0.3, 0.4) is 0 Å². The minimum atomic E-state index is -0.259. The predicted octanol–water partition coefficient (Wildman–Crippen LogP) is 2.52. The van der Waals surface area contributed by atoms with E-state index in [9.17, 15) is 0 Å². The van der Waals surface area contributed by atoms with Crippen molar-refractivity contribution in [1.82, 2.24) is 4.98 Å². The lowest BCUT2D eigenvalue weighted by atomic mass is 9.92. The van der Waals surface area contributed by atoms with Gasteiger partial charge < -0.3 is 10.5 Å². The fourth-order valence-corrected chi connectivity index (χ4v) is 2.04. The lowest BCUT2D eigenvalue weighted by Gasteiger charge is -2.21. The average molecular weight is 230 g/mol. The second kappa shape index (κ2) is 4.34. The second-order valence-electron chi connectivity index (χ2n) is 5.01. The molecule has 17 heavy (non-hydrogen) atoms.